The SMILES string of the molecule is CC1CNCCN1CCC(=O)C=Cc1ccc(Cl)cc1Cl. The van der Waals surface area contributed by atoms with Crippen LogP contribution in [0.3, 0.4) is 0 Å². The first-order valence-electron chi connectivity index (χ1n) is 7.17. The van der Waals surface area contributed by atoms with Crippen molar-refractivity contribution in [3.8, 4) is 0 Å². The van der Waals surface area contributed by atoms with E-state index in [0.29, 0.717) is 22.5 Å². The second kappa shape index (κ2) is 7.95. The Balaban J connectivity index is 1.85. The first-order chi connectivity index (χ1) is 10.1. The number of allylic oxidation sites excluding steroid dienone is 1. The highest BCUT2D eigenvalue weighted by Gasteiger charge is 2.17. The lowest BCUT2D eigenvalue weighted by molar-refractivity contribution is -0.115. The Kier molecular flexibility index (Phi) is 6.24. The van der Waals surface area contributed by atoms with Crippen LogP contribution in [0.2, 0.25) is 10.0 Å². The average molecular weight is 327 g/mol. The summed E-state index contributed by atoms with van der Waals surface area (Å²) in [5.41, 5.74) is 0.810. The summed E-state index contributed by atoms with van der Waals surface area (Å²) in [4.78, 5) is 14.3. The summed E-state index contributed by atoms with van der Waals surface area (Å²) < 4.78 is 0. The molecule has 114 valence electrons. The van der Waals surface area contributed by atoms with E-state index in [0.717, 1.165) is 31.7 Å². The van der Waals surface area contributed by atoms with Crippen LogP contribution in [-0.2, 0) is 4.79 Å². The molecule has 1 atom stereocenters. The molecule has 1 heterocycles. The van der Waals surface area contributed by atoms with E-state index in [-0.39, 0.29) is 5.78 Å². The van der Waals surface area contributed by atoms with Gasteiger partial charge in [0.2, 0.25) is 0 Å². The van der Waals surface area contributed by atoms with Crippen molar-refractivity contribution >= 4 is 35.1 Å². The number of piperazine rings is 1. The minimum Gasteiger partial charge on any atom is -0.314 e. The van der Waals surface area contributed by atoms with Crippen molar-refractivity contribution in [2.45, 2.75) is 19.4 Å². The molecule has 1 aliphatic heterocycles. The Morgan fingerprint density at radius 3 is 3.00 bits per heavy atom. The maximum Gasteiger partial charge on any atom is 0.156 e. The highest BCUT2D eigenvalue weighted by Crippen LogP contribution is 2.22. The van der Waals surface area contributed by atoms with Crippen LogP contribution < -0.4 is 5.32 Å². The normalized spacial score (nSPS) is 20.0. The Morgan fingerprint density at radius 2 is 2.29 bits per heavy atom. The summed E-state index contributed by atoms with van der Waals surface area (Å²) in [6.45, 7) is 5.97. The standard InChI is InChI=1S/C16H20Cl2N2O/c1-12-11-19-7-9-20(12)8-6-15(21)5-3-13-2-4-14(17)10-16(13)18/h2-5,10,12,19H,6-9,11H2,1H3. The number of carbonyl (C=O) groups is 1. The van der Waals surface area contributed by atoms with E-state index in [1.165, 1.54) is 0 Å². The molecule has 0 radical (unpaired) electrons. The van der Waals surface area contributed by atoms with E-state index >= 15 is 0 Å². The molecular weight excluding hydrogens is 307 g/mol. The van der Waals surface area contributed by atoms with Gasteiger partial charge in [0.25, 0.3) is 0 Å². The van der Waals surface area contributed by atoms with E-state index in [1.54, 1.807) is 24.3 Å². The van der Waals surface area contributed by atoms with Gasteiger partial charge in [-0.3, -0.25) is 9.69 Å². The van der Waals surface area contributed by atoms with Gasteiger partial charge < -0.3 is 5.32 Å². The van der Waals surface area contributed by atoms with Crippen LogP contribution in [0.5, 0.6) is 0 Å². The second-order valence-electron chi connectivity index (χ2n) is 5.30. The topological polar surface area (TPSA) is 32.3 Å². The van der Waals surface area contributed by atoms with Gasteiger partial charge in [-0.2, -0.15) is 0 Å². The molecule has 1 unspecified atom stereocenters. The summed E-state index contributed by atoms with van der Waals surface area (Å²) in [7, 11) is 0. The fraction of sp³-hybridized carbons (Fsp3) is 0.438. The van der Waals surface area contributed by atoms with Crippen molar-refractivity contribution in [1.29, 1.82) is 0 Å². The van der Waals surface area contributed by atoms with Gasteiger partial charge in [-0.05, 0) is 36.8 Å². The molecule has 21 heavy (non-hydrogen) atoms. The van der Waals surface area contributed by atoms with E-state index in [1.807, 2.05) is 6.07 Å². The lowest BCUT2D eigenvalue weighted by Crippen LogP contribution is -2.50. The molecule has 3 nitrogen and oxygen atoms in total. The Morgan fingerprint density at radius 1 is 1.48 bits per heavy atom. The molecule has 1 N–H and O–H groups in total. The van der Waals surface area contributed by atoms with Crippen LogP contribution in [0.1, 0.15) is 18.9 Å². The van der Waals surface area contributed by atoms with Gasteiger partial charge in [0.15, 0.2) is 5.78 Å². The Bertz CT molecular complexity index is 531. The van der Waals surface area contributed by atoms with Gasteiger partial charge in [0.05, 0.1) is 0 Å². The monoisotopic (exact) mass is 326 g/mol. The summed E-state index contributed by atoms with van der Waals surface area (Å²) in [5, 5.41) is 4.49. The third-order valence-electron chi connectivity index (χ3n) is 3.70. The average Bonchev–Trinajstić information content (AvgIpc) is 2.45. The maximum absolute atomic E-state index is 11.9. The molecule has 1 aromatic carbocycles. The fourth-order valence-electron chi connectivity index (χ4n) is 2.37. The number of carbonyl (C=O) groups excluding carboxylic acids is 1. The molecule has 5 heteroatoms. The summed E-state index contributed by atoms with van der Waals surface area (Å²) in [6, 6.07) is 5.74. The molecule has 0 saturated carbocycles. The van der Waals surface area contributed by atoms with Gasteiger partial charge in [-0.1, -0.05) is 29.3 Å². The molecule has 0 spiro atoms. The summed E-state index contributed by atoms with van der Waals surface area (Å²) in [6.07, 6.45) is 3.89. The van der Waals surface area contributed by atoms with Gasteiger partial charge in [0.1, 0.15) is 0 Å². The number of rotatable bonds is 5. The van der Waals surface area contributed by atoms with Crippen LogP contribution in [0.15, 0.2) is 24.3 Å². The fourth-order valence-corrected chi connectivity index (χ4v) is 2.84. The molecule has 0 aromatic heterocycles. The molecule has 0 aliphatic carbocycles. The van der Waals surface area contributed by atoms with Crippen LogP contribution in [0.4, 0.5) is 0 Å². The number of hydrogen-bond donors (Lipinski definition) is 1. The summed E-state index contributed by atoms with van der Waals surface area (Å²) >= 11 is 11.9. The molecule has 0 bridgehead atoms. The maximum atomic E-state index is 11.9. The lowest BCUT2D eigenvalue weighted by Gasteiger charge is -2.33. The van der Waals surface area contributed by atoms with Crippen molar-refractivity contribution in [2.24, 2.45) is 0 Å². The van der Waals surface area contributed by atoms with Gasteiger partial charge in [0, 0.05) is 48.7 Å². The second-order valence-corrected chi connectivity index (χ2v) is 6.15. The number of benzene rings is 1. The highest BCUT2D eigenvalue weighted by molar-refractivity contribution is 6.35. The van der Waals surface area contributed by atoms with Gasteiger partial charge >= 0.3 is 0 Å². The number of nitrogens with one attached hydrogen (secondary N) is 1. The van der Waals surface area contributed by atoms with Crippen LogP contribution in [0, 0.1) is 0 Å². The van der Waals surface area contributed by atoms with E-state index in [9.17, 15) is 4.79 Å². The van der Waals surface area contributed by atoms with Crippen molar-refractivity contribution in [3.05, 3.63) is 39.9 Å². The number of nitrogens with zero attached hydrogens (tertiary/aromatic N) is 1. The summed E-state index contributed by atoms with van der Waals surface area (Å²) in [5.74, 6) is 0.117. The number of ketones is 1. The number of hydrogen-bond acceptors (Lipinski definition) is 3. The highest BCUT2D eigenvalue weighted by atomic mass is 35.5. The zero-order valence-electron chi connectivity index (χ0n) is 12.1. The smallest absolute Gasteiger partial charge is 0.156 e. The van der Waals surface area contributed by atoms with Crippen molar-refractivity contribution in [3.63, 3.8) is 0 Å². The molecule has 1 saturated heterocycles. The van der Waals surface area contributed by atoms with Crippen molar-refractivity contribution in [1.82, 2.24) is 10.2 Å². The van der Waals surface area contributed by atoms with E-state index in [4.69, 9.17) is 23.2 Å². The largest absolute Gasteiger partial charge is 0.314 e. The lowest BCUT2D eigenvalue weighted by atomic mass is 10.1. The predicted octanol–water partition coefficient (Wildman–Crippen LogP) is 3.26. The minimum absolute atomic E-state index is 0.117. The van der Waals surface area contributed by atoms with Gasteiger partial charge in [-0.15, -0.1) is 0 Å². The zero-order valence-corrected chi connectivity index (χ0v) is 13.6. The molecule has 0 amide bonds. The third-order valence-corrected chi connectivity index (χ3v) is 4.26. The molecule has 1 aliphatic rings. The molecule has 2 rings (SSSR count). The molecular formula is C16H20Cl2N2O. The zero-order chi connectivity index (χ0) is 15.2. The van der Waals surface area contributed by atoms with E-state index in [2.05, 4.69) is 17.1 Å². The third kappa shape index (κ3) is 5.11. The van der Waals surface area contributed by atoms with Gasteiger partial charge in [-0.25, -0.2) is 0 Å². The predicted molar refractivity (Wildman–Crippen MR) is 89.0 cm³/mol. The first-order valence-corrected chi connectivity index (χ1v) is 7.92. The van der Waals surface area contributed by atoms with Crippen LogP contribution in [-0.4, -0.2) is 42.9 Å². The van der Waals surface area contributed by atoms with Crippen molar-refractivity contribution < 1.29 is 4.79 Å². The first kappa shape index (κ1) is 16.5. The van der Waals surface area contributed by atoms with Crippen molar-refractivity contribution in [2.75, 3.05) is 26.2 Å². The van der Waals surface area contributed by atoms with E-state index < -0.39 is 0 Å². The minimum atomic E-state index is 0.117. The molecule has 1 aromatic rings. The number of halogens is 2. The van der Waals surface area contributed by atoms with Crippen LogP contribution >= 0.6 is 23.2 Å². The Labute approximate surface area is 135 Å². The quantitative estimate of drug-likeness (QED) is 0.843. The van der Waals surface area contributed by atoms with Crippen LogP contribution in [0.25, 0.3) is 6.08 Å². The Hall–Kier alpha value is -0.870. The molecule has 1 fully saturated rings.